The molecule has 0 saturated carbocycles. The van der Waals surface area contributed by atoms with Gasteiger partial charge >= 0.3 is 0 Å². The van der Waals surface area contributed by atoms with E-state index in [-0.39, 0.29) is 5.92 Å². The van der Waals surface area contributed by atoms with Crippen molar-refractivity contribution < 1.29 is 4.74 Å². The zero-order valence-corrected chi connectivity index (χ0v) is 13.6. The fraction of sp³-hybridized carbons (Fsp3) is 0.357. The van der Waals surface area contributed by atoms with E-state index in [1.54, 1.807) is 18.4 Å². The van der Waals surface area contributed by atoms with E-state index in [0.29, 0.717) is 22.3 Å². The number of nitrogens with two attached hydrogens (primary N) is 1. The number of rotatable bonds is 5. The molecule has 0 aliphatic rings. The molecule has 1 atom stereocenters. The largest absolute Gasteiger partial charge is 0.494 e. The number of benzene rings is 1. The smallest absolute Gasteiger partial charge is 0.156 e. The molecule has 2 N–H and O–H groups in total. The van der Waals surface area contributed by atoms with Crippen molar-refractivity contribution in [1.29, 1.82) is 0 Å². The van der Waals surface area contributed by atoms with Crippen LogP contribution in [0.1, 0.15) is 22.2 Å². The second-order valence-electron chi connectivity index (χ2n) is 4.56. The molecule has 0 spiro atoms. The first kappa shape index (κ1) is 15.6. The van der Waals surface area contributed by atoms with Crippen LogP contribution in [0.4, 0.5) is 0 Å². The molecule has 3 nitrogen and oxygen atoms in total. The van der Waals surface area contributed by atoms with Gasteiger partial charge in [0.1, 0.15) is 0 Å². The van der Waals surface area contributed by atoms with Crippen LogP contribution in [0, 0.1) is 6.92 Å². The third-order valence-corrected chi connectivity index (χ3v) is 4.70. The average molecular weight is 331 g/mol. The lowest BCUT2D eigenvalue weighted by Gasteiger charge is -2.14. The Bertz CT molecular complexity index is 578. The number of hydrogen-bond donors (Lipinski definition) is 1. The topological polar surface area (TPSA) is 48.1 Å². The number of aromatic nitrogens is 1. The van der Waals surface area contributed by atoms with E-state index in [2.05, 4.69) is 4.98 Å². The van der Waals surface area contributed by atoms with Gasteiger partial charge < -0.3 is 10.5 Å². The summed E-state index contributed by atoms with van der Waals surface area (Å²) in [7, 11) is 1.55. The van der Waals surface area contributed by atoms with Gasteiger partial charge in [-0.15, -0.1) is 11.3 Å². The van der Waals surface area contributed by atoms with Gasteiger partial charge in [-0.2, -0.15) is 0 Å². The van der Waals surface area contributed by atoms with E-state index in [1.165, 1.54) is 0 Å². The number of hydrogen-bond acceptors (Lipinski definition) is 4. The maximum absolute atomic E-state index is 6.16. The zero-order valence-electron chi connectivity index (χ0n) is 11.3. The minimum atomic E-state index is 0.175. The Morgan fingerprint density at radius 1 is 1.35 bits per heavy atom. The van der Waals surface area contributed by atoms with Gasteiger partial charge in [-0.3, -0.25) is 0 Å². The Kier molecular flexibility index (Phi) is 5.27. The fourth-order valence-electron chi connectivity index (χ4n) is 2.04. The first-order chi connectivity index (χ1) is 9.55. The summed E-state index contributed by atoms with van der Waals surface area (Å²) in [5.41, 5.74) is 7.92. The number of halogens is 2. The second-order valence-corrected chi connectivity index (χ2v) is 6.26. The van der Waals surface area contributed by atoms with E-state index in [0.717, 1.165) is 22.7 Å². The van der Waals surface area contributed by atoms with E-state index in [1.807, 2.05) is 24.4 Å². The highest BCUT2D eigenvalue weighted by molar-refractivity contribution is 7.09. The van der Waals surface area contributed by atoms with Crippen LogP contribution in [0.2, 0.25) is 10.0 Å². The van der Waals surface area contributed by atoms with Crippen LogP contribution in [0.25, 0.3) is 0 Å². The summed E-state index contributed by atoms with van der Waals surface area (Å²) in [6.07, 6.45) is 0.757. The van der Waals surface area contributed by atoms with E-state index in [9.17, 15) is 0 Å². The lowest BCUT2D eigenvalue weighted by molar-refractivity contribution is 0.415. The van der Waals surface area contributed by atoms with Crippen molar-refractivity contribution in [1.82, 2.24) is 4.98 Å². The van der Waals surface area contributed by atoms with Gasteiger partial charge in [0.25, 0.3) is 0 Å². The van der Waals surface area contributed by atoms with Gasteiger partial charge in [-0.25, -0.2) is 4.98 Å². The summed E-state index contributed by atoms with van der Waals surface area (Å²) in [5, 5.41) is 4.11. The molecule has 0 aliphatic carbocycles. The molecule has 6 heteroatoms. The molecule has 108 valence electrons. The Morgan fingerprint density at radius 3 is 2.45 bits per heavy atom. The summed E-state index contributed by atoms with van der Waals surface area (Å²) < 4.78 is 5.15. The van der Waals surface area contributed by atoms with Crippen molar-refractivity contribution >= 4 is 34.5 Å². The summed E-state index contributed by atoms with van der Waals surface area (Å²) in [5.74, 6) is 0.681. The highest BCUT2D eigenvalue weighted by Crippen LogP contribution is 2.35. The molecule has 0 bridgehead atoms. The minimum absolute atomic E-state index is 0.175. The standard InChI is InChI=1S/C14H16Cl2N2OS/c1-8-7-20-14(18-8)10(6-17)3-9-4-11(15)13(19-2)12(16)5-9/h4-5,7,10H,3,6,17H2,1-2H3. The molecule has 0 radical (unpaired) electrons. The van der Waals surface area contributed by atoms with Gasteiger partial charge in [-0.1, -0.05) is 23.2 Å². The van der Waals surface area contributed by atoms with Crippen LogP contribution >= 0.6 is 34.5 Å². The molecular formula is C14H16Cl2N2OS. The van der Waals surface area contributed by atoms with E-state index in [4.69, 9.17) is 33.7 Å². The molecule has 0 saturated heterocycles. The Labute approximate surface area is 132 Å². The molecule has 0 aliphatic heterocycles. The lowest BCUT2D eigenvalue weighted by Crippen LogP contribution is -2.15. The molecule has 1 unspecified atom stereocenters. The van der Waals surface area contributed by atoms with E-state index >= 15 is 0 Å². The predicted molar refractivity (Wildman–Crippen MR) is 85.4 cm³/mol. The monoisotopic (exact) mass is 330 g/mol. The van der Waals surface area contributed by atoms with Gasteiger partial charge in [0.2, 0.25) is 0 Å². The highest BCUT2D eigenvalue weighted by Gasteiger charge is 2.16. The quantitative estimate of drug-likeness (QED) is 0.899. The van der Waals surface area contributed by atoms with Gasteiger partial charge in [0, 0.05) is 23.5 Å². The Hall–Kier alpha value is -0.810. The SMILES string of the molecule is COc1c(Cl)cc(CC(CN)c2nc(C)cs2)cc1Cl. The van der Waals surface area contributed by atoms with Crippen LogP contribution < -0.4 is 10.5 Å². The van der Waals surface area contributed by atoms with Crippen LogP contribution in [0.5, 0.6) is 5.75 Å². The van der Waals surface area contributed by atoms with Crippen LogP contribution in [0.3, 0.4) is 0 Å². The van der Waals surface area contributed by atoms with Crippen molar-refractivity contribution in [3.8, 4) is 5.75 Å². The van der Waals surface area contributed by atoms with Crippen LogP contribution in [-0.4, -0.2) is 18.6 Å². The van der Waals surface area contributed by atoms with Gasteiger partial charge in [0.15, 0.2) is 5.75 Å². The summed E-state index contributed by atoms with van der Waals surface area (Å²) in [6.45, 7) is 2.52. The minimum Gasteiger partial charge on any atom is -0.494 e. The molecule has 0 fully saturated rings. The number of methoxy groups -OCH3 is 1. The maximum Gasteiger partial charge on any atom is 0.156 e. The second kappa shape index (κ2) is 6.76. The molecule has 20 heavy (non-hydrogen) atoms. The lowest BCUT2D eigenvalue weighted by atomic mass is 10.00. The van der Waals surface area contributed by atoms with Crippen LogP contribution in [0.15, 0.2) is 17.5 Å². The normalized spacial score (nSPS) is 12.4. The van der Waals surface area contributed by atoms with E-state index < -0.39 is 0 Å². The third-order valence-electron chi connectivity index (χ3n) is 3.01. The van der Waals surface area contributed by atoms with Gasteiger partial charge in [-0.05, 0) is 31.0 Å². The van der Waals surface area contributed by atoms with Crippen molar-refractivity contribution in [3.05, 3.63) is 43.8 Å². The predicted octanol–water partition coefficient (Wildman–Crippen LogP) is 4.05. The average Bonchev–Trinajstić information content (AvgIpc) is 2.82. The molecule has 2 aromatic rings. The van der Waals surface area contributed by atoms with Crippen molar-refractivity contribution in [2.24, 2.45) is 5.73 Å². The molecule has 1 aromatic carbocycles. The summed E-state index contributed by atoms with van der Waals surface area (Å²) in [6, 6.07) is 3.74. The number of thiazole rings is 1. The number of nitrogens with zero attached hydrogens (tertiary/aromatic N) is 1. The fourth-order valence-corrected chi connectivity index (χ4v) is 3.64. The van der Waals surface area contributed by atoms with Crippen molar-refractivity contribution in [2.45, 2.75) is 19.3 Å². The summed E-state index contributed by atoms with van der Waals surface area (Å²) in [4.78, 5) is 4.50. The Morgan fingerprint density at radius 2 is 2.00 bits per heavy atom. The third kappa shape index (κ3) is 3.44. The number of aryl methyl sites for hydroxylation is 1. The molecule has 0 amide bonds. The van der Waals surface area contributed by atoms with Crippen molar-refractivity contribution in [2.75, 3.05) is 13.7 Å². The summed E-state index contributed by atoms with van der Waals surface area (Å²) >= 11 is 14.0. The maximum atomic E-state index is 6.16. The number of ether oxygens (including phenoxy) is 1. The zero-order chi connectivity index (χ0) is 14.7. The highest BCUT2D eigenvalue weighted by atomic mass is 35.5. The molecule has 1 heterocycles. The molecule has 2 rings (SSSR count). The molecular weight excluding hydrogens is 315 g/mol. The first-order valence-corrected chi connectivity index (χ1v) is 7.82. The van der Waals surface area contributed by atoms with Gasteiger partial charge in [0.05, 0.1) is 22.2 Å². The van der Waals surface area contributed by atoms with Crippen LogP contribution in [-0.2, 0) is 6.42 Å². The Balaban J connectivity index is 2.24. The van der Waals surface area contributed by atoms with Crippen molar-refractivity contribution in [3.63, 3.8) is 0 Å². The first-order valence-electron chi connectivity index (χ1n) is 6.19. The molecule has 1 aromatic heterocycles.